The maximum atomic E-state index is 11.7. The van der Waals surface area contributed by atoms with E-state index in [4.69, 9.17) is 0 Å². The van der Waals surface area contributed by atoms with Crippen LogP contribution in [-0.2, 0) is 4.79 Å². The Hall–Kier alpha value is -1.85. The maximum absolute atomic E-state index is 11.7. The summed E-state index contributed by atoms with van der Waals surface area (Å²) in [5, 5.41) is 0. The lowest BCUT2D eigenvalue weighted by atomic mass is 10.3. The van der Waals surface area contributed by atoms with Crippen LogP contribution in [0.4, 0.5) is 11.6 Å². The Kier molecular flexibility index (Phi) is 4.42. The predicted molar refractivity (Wildman–Crippen MR) is 80.2 cm³/mol. The molecule has 110 valence electrons. The van der Waals surface area contributed by atoms with Gasteiger partial charge in [-0.15, -0.1) is 0 Å². The van der Waals surface area contributed by atoms with E-state index in [1.165, 1.54) is 0 Å². The van der Waals surface area contributed by atoms with Crippen molar-refractivity contribution in [2.75, 3.05) is 50.1 Å². The van der Waals surface area contributed by atoms with Gasteiger partial charge in [0.15, 0.2) is 0 Å². The zero-order valence-corrected chi connectivity index (χ0v) is 12.8. The Balaban J connectivity index is 2.09. The number of anilines is 2. The van der Waals surface area contributed by atoms with Crippen LogP contribution in [0.3, 0.4) is 0 Å². The van der Waals surface area contributed by atoms with Crippen LogP contribution in [0.5, 0.6) is 0 Å². The summed E-state index contributed by atoms with van der Waals surface area (Å²) in [6, 6.07) is 2.00. The van der Waals surface area contributed by atoms with Gasteiger partial charge in [0.1, 0.15) is 17.5 Å². The van der Waals surface area contributed by atoms with Crippen LogP contribution < -0.4 is 9.80 Å². The second-order valence-electron chi connectivity index (χ2n) is 5.25. The molecular weight excluding hydrogens is 254 g/mol. The summed E-state index contributed by atoms with van der Waals surface area (Å²) < 4.78 is 0. The molecular formula is C14H23N5O. The van der Waals surface area contributed by atoms with Crippen LogP contribution in [0.2, 0.25) is 0 Å². The number of hydrogen-bond acceptors (Lipinski definition) is 5. The molecule has 0 spiro atoms. The van der Waals surface area contributed by atoms with Crippen molar-refractivity contribution in [2.45, 2.75) is 20.3 Å². The van der Waals surface area contributed by atoms with E-state index in [1.807, 2.05) is 43.8 Å². The summed E-state index contributed by atoms with van der Waals surface area (Å²) >= 11 is 0. The molecule has 1 fully saturated rings. The summed E-state index contributed by atoms with van der Waals surface area (Å²) in [5.41, 5.74) is 0. The van der Waals surface area contributed by atoms with E-state index >= 15 is 0 Å². The minimum atomic E-state index is 0.234. The predicted octanol–water partition coefficient (Wildman–Crippen LogP) is 0.910. The van der Waals surface area contributed by atoms with E-state index in [1.54, 1.807) is 0 Å². The molecule has 0 radical (unpaired) electrons. The van der Waals surface area contributed by atoms with Gasteiger partial charge in [0.25, 0.3) is 0 Å². The van der Waals surface area contributed by atoms with Gasteiger partial charge in [-0.25, -0.2) is 9.97 Å². The lowest BCUT2D eigenvalue weighted by Gasteiger charge is -2.35. The van der Waals surface area contributed by atoms with Gasteiger partial charge in [-0.3, -0.25) is 4.79 Å². The quantitative estimate of drug-likeness (QED) is 0.822. The van der Waals surface area contributed by atoms with Crippen molar-refractivity contribution in [3.8, 4) is 0 Å². The Morgan fingerprint density at radius 1 is 1.25 bits per heavy atom. The second kappa shape index (κ2) is 6.07. The average molecular weight is 277 g/mol. The lowest BCUT2D eigenvalue weighted by Crippen LogP contribution is -2.49. The normalized spacial score (nSPS) is 15.4. The Morgan fingerprint density at radius 2 is 1.90 bits per heavy atom. The van der Waals surface area contributed by atoms with Crippen molar-refractivity contribution in [3.05, 3.63) is 11.9 Å². The second-order valence-corrected chi connectivity index (χ2v) is 5.25. The molecule has 0 N–H and O–H groups in total. The van der Waals surface area contributed by atoms with E-state index in [9.17, 15) is 4.79 Å². The highest BCUT2D eigenvalue weighted by molar-refractivity contribution is 5.76. The van der Waals surface area contributed by atoms with Crippen molar-refractivity contribution in [2.24, 2.45) is 0 Å². The summed E-state index contributed by atoms with van der Waals surface area (Å²) in [7, 11) is 3.95. The highest BCUT2D eigenvalue weighted by Gasteiger charge is 2.21. The van der Waals surface area contributed by atoms with Crippen molar-refractivity contribution in [3.63, 3.8) is 0 Å². The van der Waals surface area contributed by atoms with Crippen molar-refractivity contribution in [1.29, 1.82) is 0 Å². The van der Waals surface area contributed by atoms with Gasteiger partial charge >= 0.3 is 0 Å². The summed E-state index contributed by atoms with van der Waals surface area (Å²) in [5.74, 6) is 2.88. The number of carbonyl (C=O) groups excluding carboxylic acids is 1. The van der Waals surface area contributed by atoms with E-state index < -0.39 is 0 Å². The standard InChI is InChI=1S/C14H23N5O/c1-5-14(20)19-8-6-18(7-9-19)13-10-12(17(3)4)15-11(2)16-13/h10H,5-9H2,1-4H3. The minimum Gasteiger partial charge on any atom is -0.363 e. The maximum Gasteiger partial charge on any atom is 0.222 e. The van der Waals surface area contributed by atoms with E-state index in [0.717, 1.165) is 43.6 Å². The smallest absolute Gasteiger partial charge is 0.222 e. The number of aromatic nitrogens is 2. The fourth-order valence-electron chi connectivity index (χ4n) is 2.34. The molecule has 0 unspecified atom stereocenters. The third-order valence-electron chi connectivity index (χ3n) is 3.53. The molecule has 0 saturated carbocycles. The van der Waals surface area contributed by atoms with Gasteiger partial charge in [-0.05, 0) is 6.92 Å². The van der Waals surface area contributed by atoms with Gasteiger partial charge in [-0.1, -0.05) is 6.92 Å². The first kappa shape index (κ1) is 14.6. The molecule has 20 heavy (non-hydrogen) atoms. The molecule has 1 aromatic heterocycles. The topological polar surface area (TPSA) is 52.6 Å². The molecule has 0 atom stereocenters. The SMILES string of the molecule is CCC(=O)N1CCN(c2cc(N(C)C)nc(C)n2)CC1. The van der Waals surface area contributed by atoms with E-state index in [-0.39, 0.29) is 5.91 Å². The van der Waals surface area contributed by atoms with Gasteiger partial charge in [0, 0.05) is 52.8 Å². The Morgan fingerprint density at radius 3 is 2.45 bits per heavy atom. The van der Waals surface area contributed by atoms with Crippen LogP contribution in [0.15, 0.2) is 6.07 Å². The number of piperazine rings is 1. The van der Waals surface area contributed by atoms with Gasteiger partial charge in [0.05, 0.1) is 0 Å². The minimum absolute atomic E-state index is 0.234. The van der Waals surface area contributed by atoms with E-state index in [2.05, 4.69) is 14.9 Å². The molecule has 6 heteroatoms. The zero-order chi connectivity index (χ0) is 14.7. The van der Waals surface area contributed by atoms with Gasteiger partial charge in [0.2, 0.25) is 5.91 Å². The van der Waals surface area contributed by atoms with Crippen LogP contribution in [-0.4, -0.2) is 61.0 Å². The summed E-state index contributed by atoms with van der Waals surface area (Å²) in [6.07, 6.45) is 0.581. The largest absolute Gasteiger partial charge is 0.363 e. The first-order chi connectivity index (χ1) is 9.51. The van der Waals surface area contributed by atoms with E-state index in [0.29, 0.717) is 6.42 Å². The molecule has 1 aliphatic rings. The fourth-order valence-corrected chi connectivity index (χ4v) is 2.34. The monoisotopic (exact) mass is 277 g/mol. The third kappa shape index (κ3) is 3.18. The molecule has 1 saturated heterocycles. The number of rotatable bonds is 3. The number of amides is 1. The van der Waals surface area contributed by atoms with Crippen LogP contribution >= 0.6 is 0 Å². The first-order valence-corrected chi connectivity index (χ1v) is 7.07. The van der Waals surface area contributed by atoms with Crippen molar-refractivity contribution < 1.29 is 4.79 Å². The van der Waals surface area contributed by atoms with Gasteiger partial charge in [-0.2, -0.15) is 0 Å². The summed E-state index contributed by atoms with van der Waals surface area (Å²) in [6.45, 7) is 7.02. The molecule has 2 rings (SSSR count). The Bertz CT molecular complexity index is 480. The summed E-state index contributed by atoms with van der Waals surface area (Å²) in [4.78, 5) is 26.7. The van der Waals surface area contributed by atoms with Crippen LogP contribution in [0.1, 0.15) is 19.2 Å². The average Bonchev–Trinajstić information content (AvgIpc) is 2.46. The third-order valence-corrected chi connectivity index (χ3v) is 3.53. The first-order valence-electron chi connectivity index (χ1n) is 7.07. The lowest BCUT2D eigenvalue weighted by molar-refractivity contribution is -0.131. The molecule has 0 bridgehead atoms. The molecule has 6 nitrogen and oxygen atoms in total. The number of aryl methyl sites for hydroxylation is 1. The van der Waals surface area contributed by atoms with Crippen molar-refractivity contribution >= 4 is 17.5 Å². The Labute approximate surface area is 120 Å². The van der Waals surface area contributed by atoms with Gasteiger partial charge < -0.3 is 14.7 Å². The molecule has 2 heterocycles. The number of hydrogen-bond donors (Lipinski definition) is 0. The zero-order valence-electron chi connectivity index (χ0n) is 12.8. The van der Waals surface area contributed by atoms with Crippen LogP contribution in [0.25, 0.3) is 0 Å². The molecule has 1 amide bonds. The fraction of sp³-hybridized carbons (Fsp3) is 0.643. The van der Waals surface area contributed by atoms with Crippen LogP contribution in [0, 0.1) is 6.92 Å². The molecule has 0 aliphatic carbocycles. The molecule has 1 aromatic rings. The number of nitrogens with zero attached hydrogens (tertiary/aromatic N) is 5. The molecule has 1 aliphatic heterocycles. The van der Waals surface area contributed by atoms with Crippen molar-refractivity contribution in [1.82, 2.24) is 14.9 Å². The highest BCUT2D eigenvalue weighted by Crippen LogP contribution is 2.19. The molecule has 0 aromatic carbocycles. The number of carbonyl (C=O) groups is 1. The highest BCUT2D eigenvalue weighted by atomic mass is 16.2.